The molecule has 0 radical (unpaired) electrons. The molecular formula is C36H45ClN6O7S2. The SMILES string of the molecule is C=C[C@@H]1C[C@]1(NC(=O)[C@@H]1C[C@@H](OC(=O)N2Cc3cccc(Cl)c3C2)CN1C(=O)[C@@H](Nc1ncc(CC)s1)C1CCCCC1)C(=O)NS(=O)(=O)C1CC1. The minimum atomic E-state index is -3.88. The number of benzene rings is 1. The Bertz CT molecular complexity index is 1860. The highest BCUT2D eigenvalue weighted by Gasteiger charge is 2.62. The van der Waals surface area contributed by atoms with E-state index in [1.54, 1.807) is 12.3 Å². The van der Waals surface area contributed by atoms with Crippen LogP contribution < -0.4 is 15.4 Å². The lowest BCUT2D eigenvalue weighted by molar-refractivity contribution is -0.141. The highest BCUT2D eigenvalue weighted by molar-refractivity contribution is 7.91. The Morgan fingerprint density at radius 3 is 2.58 bits per heavy atom. The summed E-state index contributed by atoms with van der Waals surface area (Å²) in [6.07, 6.45) is 8.52. The zero-order valence-corrected chi connectivity index (χ0v) is 31.5. The van der Waals surface area contributed by atoms with Crippen LogP contribution in [-0.2, 0) is 48.7 Å². The summed E-state index contributed by atoms with van der Waals surface area (Å²) in [5.41, 5.74) is 0.252. The van der Waals surface area contributed by atoms with Crippen LogP contribution in [0.2, 0.25) is 5.02 Å². The first kappa shape index (κ1) is 36.7. The maximum absolute atomic E-state index is 14.7. The lowest BCUT2D eigenvalue weighted by atomic mass is 9.83. The van der Waals surface area contributed by atoms with E-state index in [1.165, 1.54) is 27.2 Å². The minimum absolute atomic E-state index is 0.00366. The number of nitrogens with one attached hydrogen (secondary N) is 3. The van der Waals surface area contributed by atoms with E-state index in [2.05, 4.69) is 26.9 Å². The first-order chi connectivity index (χ1) is 24.9. The average Bonchev–Trinajstić information content (AvgIpc) is 3.94. The van der Waals surface area contributed by atoms with Crippen molar-refractivity contribution in [2.45, 2.75) is 113 Å². The Labute approximate surface area is 312 Å². The molecule has 4 amide bonds. The van der Waals surface area contributed by atoms with Crippen molar-refractivity contribution in [1.29, 1.82) is 0 Å². The summed E-state index contributed by atoms with van der Waals surface area (Å²) < 4.78 is 33.6. The number of fused-ring (bicyclic) bond motifs is 1. The molecule has 13 nitrogen and oxygen atoms in total. The van der Waals surface area contributed by atoms with Gasteiger partial charge in [-0.3, -0.25) is 24.0 Å². The van der Waals surface area contributed by atoms with Crippen molar-refractivity contribution in [3.63, 3.8) is 0 Å². The van der Waals surface area contributed by atoms with Crippen LogP contribution in [0.15, 0.2) is 37.1 Å². The molecule has 280 valence electrons. The van der Waals surface area contributed by atoms with E-state index < -0.39 is 62.8 Å². The quantitative estimate of drug-likeness (QED) is 0.263. The van der Waals surface area contributed by atoms with Gasteiger partial charge in [-0.2, -0.15) is 0 Å². The van der Waals surface area contributed by atoms with Gasteiger partial charge in [0.1, 0.15) is 23.7 Å². The molecule has 5 atom stereocenters. The Hall–Kier alpha value is -3.69. The van der Waals surface area contributed by atoms with Crippen molar-refractivity contribution < 1.29 is 32.3 Å². The number of aryl methyl sites for hydroxylation is 1. The molecule has 5 aliphatic rings. The second-order valence-electron chi connectivity index (χ2n) is 14.7. The molecule has 0 unspecified atom stereocenters. The number of nitrogens with zero attached hydrogens (tertiary/aromatic N) is 3. The fourth-order valence-corrected chi connectivity index (χ4v) is 10.2. The van der Waals surface area contributed by atoms with Gasteiger partial charge >= 0.3 is 6.09 Å². The van der Waals surface area contributed by atoms with Crippen LogP contribution in [0, 0.1) is 11.8 Å². The summed E-state index contributed by atoms with van der Waals surface area (Å²) in [6, 6.07) is 3.73. The van der Waals surface area contributed by atoms with Crippen molar-refractivity contribution in [2.75, 3.05) is 11.9 Å². The monoisotopic (exact) mass is 772 g/mol. The summed E-state index contributed by atoms with van der Waals surface area (Å²) in [6.45, 7) is 6.39. The van der Waals surface area contributed by atoms with E-state index in [1.807, 2.05) is 19.1 Å². The van der Waals surface area contributed by atoms with Crippen LogP contribution in [0.25, 0.3) is 0 Å². The molecule has 0 bridgehead atoms. The predicted molar refractivity (Wildman–Crippen MR) is 196 cm³/mol. The molecule has 2 aromatic rings. The topological polar surface area (TPSA) is 167 Å². The van der Waals surface area contributed by atoms with Crippen LogP contribution in [0.1, 0.15) is 80.7 Å². The molecule has 3 heterocycles. The fraction of sp³-hybridized carbons (Fsp3) is 0.583. The van der Waals surface area contributed by atoms with Gasteiger partial charge in [-0.05, 0) is 61.6 Å². The second-order valence-corrected chi connectivity index (χ2v) is 18.2. The number of amides is 4. The van der Waals surface area contributed by atoms with E-state index in [9.17, 15) is 27.6 Å². The van der Waals surface area contributed by atoms with Crippen molar-refractivity contribution in [2.24, 2.45) is 11.8 Å². The lowest BCUT2D eigenvalue weighted by Crippen LogP contribution is -2.58. The van der Waals surface area contributed by atoms with Gasteiger partial charge in [-0.25, -0.2) is 18.2 Å². The van der Waals surface area contributed by atoms with Crippen molar-refractivity contribution in [3.05, 3.63) is 58.1 Å². The van der Waals surface area contributed by atoms with Gasteiger partial charge in [0.15, 0.2) is 5.13 Å². The summed E-state index contributed by atoms with van der Waals surface area (Å²) in [5, 5.41) is 6.79. The number of aromatic nitrogens is 1. The Morgan fingerprint density at radius 2 is 1.92 bits per heavy atom. The first-order valence-corrected chi connectivity index (χ1v) is 20.9. The molecule has 3 aliphatic carbocycles. The van der Waals surface area contributed by atoms with Gasteiger partial charge in [-0.15, -0.1) is 17.9 Å². The highest BCUT2D eigenvalue weighted by atomic mass is 35.5. The number of sulfonamides is 1. The Morgan fingerprint density at radius 1 is 1.15 bits per heavy atom. The molecule has 16 heteroatoms. The number of hydrogen-bond donors (Lipinski definition) is 3. The number of carbonyl (C=O) groups is 4. The summed E-state index contributed by atoms with van der Waals surface area (Å²) in [7, 11) is -3.88. The van der Waals surface area contributed by atoms with Crippen LogP contribution in [0.5, 0.6) is 0 Å². The molecular weight excluding hydrogens is 728 g/mol. The maximum atomic E-state index is 14.7. The van der Waals surface area contributed by atoms with Crippen LogP contribution >= 0.6 is 22.9 Å². The normalized spacial score (nSPS) is 26.3. The predicted octanol–water partition coefficient (Wildman–Crippen LogP) is 4.51. The zero-order valence-electron chi connectivity index (χ0n) is 29.1. The number of thiazole rings is 1. The van der Waals surface area contributed by atoms with Gasteiger partial charge < -0.3 is 20.3 Å². The summed E-state index contributed by atoms with van der Waals surface area (Å²) >= 11 is 7.87. The first-order valence-electron chi connectivity index (χ1n) is 18.2. The third-order valence-electron chi connectivity index (χ3n) is 11.1. The van der Waals surface area contributed by atoms with Crippen LogP contribution in [0.3, 0.4) is 0 Å². The smallest absolute Gasteiger partial charge is 0.410 e. The van der Waals surface area contributed by atoms with Crippen molar-refractivity contribution >= 4 is 61.9 Å². The standard InChI is InChI=1S/C36H45ClN6O7S2/c1-3-23-16-36(23,33(46)41-52(48,49)26-13-14-26)40-31(44)29-15-24(50-35(47)42-18-22-11-8-12-28(37)27(22)20-42)19-43(29)32(45)30(21-9-6-5-7-10-21)39-34-38-17-25(4-2)51-34/h3,8,11-12,17,21,23-24,26,29-30H,1,4-7,9-10,13-16,18-20H2,2H3,(H,38,39)(H,40,44)(H,41,46)/t23-,24-,29+,30+,36-/m1/s1. The molecule has 3 saturated carbocycles. The van der Waals surface area contributed by atoms with Crippen LogP contribution in [-0.4, -0.2) is 82.5 Å². The molecule has 0 spiro atoms. The van der Waals surface area contributed by atoms with Gasteiger partial charge in [0, 0.05) is 35.0 Å². The zero-order chi connectivity index (χ0) is 36.8. The molecule has 3 N–H and O–H groups in total. The average molecular weight is 773 g/mol. The lowest BCUT2D eigenvalue weighted by Gasteiger charge is -2.34. The highest BCUT2D eigenvalue weighted by Crippen LogP contribution is 2.46. The van der Waals surface area contributed by atoms with E-state index >= 15 is 0 Å². The summed E-state index contributed by atoms with van der Waals surface area (Å²) in [5.74, 6) is -2.26. The van der Waals surface area contributed by atoms with E-state index in [-0.39, 0.29) is 37.8 Å². The van der Waals surface area contributed by atoms with Crippen LogP contribution in [0.4, 0.5) is 9.93 Å². The van der Waals surface area contributed by atoms with E-state index in [4.69, 9.17) is 16.3 Å². The van der Waals surface area contributed by atoms with E-state index in [0.717, 1.165) is 54.5 Å². The molecule has 7 rings (SSSR count). The second kappa shape index (κ2) is 14.6. The minimum Gasteiger partial charge on any atom is -0.444 e. The maximum Gasteiger partial charge on any atom is 0.410 e. The number of anilines is 1. The molecule has 2 aliphatic heterocycles. The number of carbonyl (C=O) groups excluding carboxylic acids is 4. The molecule has 52 heavy (non-hydrogen) atoms. The van der Waals surface area contributed by atoms with E-state index in [0.29, 0.717) is 29.5 Å². The van der Waals surface area contributed by atoms with Gasteiger partial charge in [-0.1, -0.05) is 56.0 Å². The van der Waals surface area contributed by atoms with Crippen molar-refractivity contribution in [3.8, 4) is 0 Å². The van der Waals surface area contributed by atoms with Gasteiger partial charge in [0.25, 0.3) is 5.91 Å². The number of ether oxygens (including phenoxy) is 1. The molecule has 1 saturated heterocycles. The number of hydrogen-bond acceptors (Lipinski definition) is 10. The Kier molecular flexibility index (Phi) is 10.3. The molecule has 1 aromatic carbocycles. The third kappa shape index (κ3) is 7.41. The molecule has 4 fully saturated rings. The summed E-state index contributed by atoms with van der Waals surface area (Å²) in [4.78, 5) is 64.6. The molecule has 1 aromatic heterocycles. The van der Waals surface area contributed by atoms with Gasteiger partial charge in [0.05, 0.1) is 18.3 Å². The van der Waals surface area contributed by atoms with Crippen molar-refractivity contribution in [1.82, 2.24) is 24.8 Å². The fourth-order valence-electron chi connectivity index (χ4n) is 7.82. The number of halogens is 1. The third-order valence-corrected chi connectivity index (χ3v) is 14.4. The largest absolute Gasteiger partial charge is 0.444 e. The van der Waals surface area contributed by atoms with Gasteiger partial charge in [0.2, 0.25) is 21.8 Å². The number of likely N-dealkylation sites (tertiary alicyclic amines) is 1. The Balaban J connectivity index is 1.13. The number of rotatable bonds is 12.